The minimum atomic E-state index is -0.154. The Morgan fingerprint density at radius 1 is 1.41 bits per heavy atom. The molecule has 5 rings (SSSR count). The number of pyridine rings is 1. The first-order chi connectivity index (χ1) is 10.2. The molecule has 5 nitrogen and oxygen atoms in total. The largest absolute Gasteiger partial charge is 0.461 e. The van der Waals surface area contributed by atoms with Gasteiger partial charge in [0.2, 0.25) is 0 Å². The average molecular weight is 322 g/mol. The highest BCUT2D eigenvalue weighted by Gasteiger charge is 2.35. The number of nitrogens with zero attached hydrogens (tertiary/aromatic N) is 2. The number of hydrogen-bond acceptors (Lipinski definition) is 4. The summed E-state index contributed by atoms with van der Waals surface area (Å²) in [6.07, 6.45) is 3.88. The van der Waals surface area contributed by atoms with Crippen LogP contribution < -0.4 is 5.32 Å². The number of aromatic nitrogens is 1. The van der Waals surface area contributed by atoms with Crippen molar-refractivity contribution in [2.24, 2.45) is 5.92 Å². The molecule has 118 valence electrons. The maximum absolute atomic E-state index is 12.4. The van der Waals surface area contributed by atoms with Crippen LogP contribution in [-0.4, -0.2) is 41.5 Å². The maximum Gasteiger partial charge on any atom is 0.270 e. The Kier molecular flexibility index (Phi) is 4.10. The van der Waals surface area contributed by atoms with Gasteiger partial charge in [0.1, 0.15) is 5.69 Å². The molecular formula is C16H20ClN3O2. The minimum Gasteiger partial charge on any atom is -0.461 e. The zero-order chi connectivity index (χ0) is 14.4. The molecule has 1 amide bonds. The first-order valence-electron chi connectivity index (χ1n) is 7.27. The van der Waals surface area contributed by atoms with Crippen molar-refractivity contribution in [3.63, 3.8) is 0 Å². The van der Waals surface area contributed by atoms with Crippen LogP contribution in [0, 0.1) is 5.92 Å². The molecule has 0 saturated carbocycles. The number of nitrogens with one attached hydrogen (secondary N) is 1. The summed E-state index contributed by atoms with van der Waals surface area (Å²) in [7, 11) is 0. The highest BCUT2D eigenvalue weighted by atomic mass is 35.5. The van der Waals surface area contributed by atoms with Gasteiger partial charge in [0.15, 0.2) is 10.7 Å². The van der Waals surface area contributed by atoms with Gasteiger partial charge in [0.05, 0.1) is 6.26 Å². The predicted octanol–water partition coefficient (Wildman–Crippen LogP) is 2.94. The van der Waals surface area contributed by atoms with Crippen LogP contribution in [0.1, 0.15) is 30.8 Å². The molecular weight excluding hydrogens is 302 g/mol. The van der Waals surface area contributed by atoms with Crippen molar-refractivity contribution in [3.05, 3.63) is 29.2 Å². The third-order valence-electron chi connectivity index (χ3n) is 4.60. The van der Waals surface area contributed by atoms with Gasteiger partial charge in [-0.25, -0.2) is 4.98 Å². The van der Waals surface area contributed by atoms with Gasteiger partial charge < -0.3 is 14.6 Å². The van der Waals surface area contributed by atoms with E-state index in [2.05, 4.69) is 15.2 Å². The lowest BCUT2D eigenvalue weighted by Crippen LogP contribution is -2.57. The number of hydrogen-bond donors (Lipinski definition) is 1. The topological polar surface area (TPSA) is 58.4 Å². The summed E-state index contributed by atoms with van der Waals surface area (Å²) in [4.78, 5) is 19.0. The Balaban J connectivity index is 0.00000144. The number of carbonyl (C=O) groups is 1. The van der Waals surface area contributed by atoms with Crippen molar-refractivity contribution in [3.8, 4) is 0 Å². The van der Waals surface area contributed by atoms with Crippen LogP contribution in [-0.2, 0) is 0 Å². The smallest absolute Gasteiger partial charge is 0.270 e. The third kappa shape index (κ3) is 2.59. The molecule has 2 aromatic heterocycles. The summed E-state index contributed by atoms with van der Waals surface area (Å²) < 4.78 is 5.24. The fourth-order valence-corrected chi connectivity index (χ4v) is 3.67. The van der Waals surface area contributed by atoms with Gasteiger partial charge >= 0.3 is 0 Å². The van der Waals surface area contributed by atoms with Crippen molar-refractivity contribution in [2.75, 3.05) is 19.6 Å². The van der Waals surface area contributed by atoms with Crippen LogP contribution >= 0.6 is 11.6 Å². The number of fused-ring (bicyclic) bond motifs is 4. The van der Waals surface area contributed by atoms with Crippen LogP contribution in [0.2, 0.25) is 5.15 Å². The fraction of sp³-hybridized carbons (Fsp3) is 0.500. The Bertz CT molecular complexity index is 692. The molecule has 0 aromatic carbocycles. The standard InChI is InChI=1S/C15H16ClN3O2.CH4/c16-14-13-10(3-6-21-13)7-11(17-14)15(20)18-12-8-19-4-1-9(12)2-5-19;/h3,6-7,9,12H,1-2,4-5,8H2,(H,18,20);1H4/t12-;/m0./s1. The Morgan fingerprint density at radius 2 is 2.18 bits per heavy atom. The number of piperidine rings is 3. The van der Waals surface area contributed by atoms with Crippen LogP contribution in [0.4, 0.5) is 0 Å². The number of amides is 1. The van der Waals surface area contributed by atoms with E-state index in [9.17, 15) is 4.79 Å². The van der Waals surface area contributed by atoms with Crippen LogP contribution in [0.25, 0.3) is 11.0 Å². The van der Waals surface area contributed by atoms with Crippen LogP contribution in [0.5, 0.6) is 0 Å². The molecule has 0 unspecified atom stereocenters. The van der Waals surface area contributed by atoms with Gasteiger partial charge in [-0.3, -0.25) is 4.79 Å². The van der Waals surface area contributed by atoms with E-state index in [0.29, 0.717) is 17.2 Å². The molecule has 6 heteroatoms. The first-order valence-corrected chi connectivity index (χ1v) is 7.65. The van der Waals surface area contributed by atoms with Crippen molar-refractivity contribution >= 4 is 28.5 Å². The quantitative estimate of drug-likeness (QED) is 0.864. The van der Waals surface area contributed by atoms with Crippen LogP contribution in [0.3, 0.4) is 0 Å². The summed E-state index contributed by atoms with van der Waals surface area (Å²) in [6, 6.07) is 3.73. The second-order valence-corrected chi connectivity index (χ2v) is 6.21. The number of rotatable bonds is 2. The molecule has 0 radical (unpaired) electrons. The predicted molar refractivity (Wildman–Crippen MR) is 86.2 cm³/mol. The van der Waals surface area contributed by atoms with Gasteiger partial charge in [-0.05, 0) is 44.0 Å². The molecule has 3 fully saturated rings. The van der Waals surface area contributed by atoms with Crippen molar-refractivity contribution < 1.29 is 9.21 Å². The van der Waals surface area contributed by atoms with E-state index >= 15 is 0 Å². The third-order valence-corrected chi connectivity index (χ3v) is 4.86. The molecule has 0 aliphatic carbocycles. The summed E-state index contributed by atoms with van der Waals surface area (Å²) in [5.74, 6) is 0.436. The number of halogens is 1. The van der Waals surface area contributed by atoms with E-state index in [1.807, 2.05) is 0 Å². The normalized spacial score (nSPS) is 26.7. The van der Waals surface area contributed by atoms with Crippen molar-refractivity contribution in [1.82, 2.24) is 15.2 Å². The van der Waals surface area contributed by atoms with E-state index in [-0.39, 0.29) is 24.5 Å². The number of furan rings is 1. The zero-order valence-electron chi connectivity index (χ0n) is 11.5. The lowest BCUT2D eigenvalue weighted by Gasteiger charge is -2.44. The maximum atomic E-state index is 12.4. The van der Waals surface area contributed by atoms with E-state index in [4.69, 9.17) is 16.0 Å². The fourth-order valence-electron chi connectivity index (χ4n) is 3.42. The minimum absolute atomic E-state index is 0. The molecule has 1 atom stereocenters. The SMILES string of the molecule is C.O=C(N[C@H]1CN2CCC1CC2)c1cc2ccoc2c(Cl)n1. The molecule has 22 heavy (non-hydrogen) atoms. The second-order valence-electron chi connectivity index (χ2n) is 5.86. The molecule has 0 spiro atoms. The highest BCUT2D eigenvalue weighted by molar-refractivity contribution is 6.33. The Morgan fingerprint density at radius 3 is 2.86 bits per heavy atom. The van der Waals surface area contributed by atoms with Crippen molar-refractivity contribution in [2.45, 2.75) is 26.3 Å². The highest BCUT2D eigenvalue weighted by Crippen LogP contribution is 2.28. The van der Waals surface area contributed by atoms with Gasteiger partial charge in [-0.2, -0.15) is 0 Å². The van der Waals surface area contributed by atoms with E-state index in [1.165, 1.54) is 12.8 Å². The summed E-state index contributed by atoms with van der Waals surface area (Å²) in [5, 5.41) is 4.15. The molecule has 5 heterocycles. The van der Waals surface area contributed by atoms with Gasteiger partial charge in [-0.1, -0.05) is 19.0 Å². The summed E-state index contributed by atoms with van der Waals surface area (Å²) >= 11 is 6.06. The van der Waals surface area contributed by atoms with E-state index in [0.717, 1.165) is 25.0 Å². The molecule has 3 aliphatic rings. The van der Waals surface area contributed by atoms with Crippen LogP contribution in [0.15, 0.2) is 22.8 Å². The molecule has 3 saturated heterocycles. The average Bonchev–Trinajstić information content (AvgIpc) is 2.97. The van der Waals surface area contributed by atoms with Gasteiger partial charge in [-0.15, -0.1) is 0 Å². The van der Waals surface area contributed by atoms with Crippen molar-refractivity contribution in [1.29, 1.82) is 0 Å². The molecule has 2 bridgehead atoms. The molecule has 1 N–H and O–H groups in total. The lowest BCUT2D eigenvalue weighted by molar-refractivity contribution is 0.0618. The van der Waals surface area contributed by atoms with Gasteiger partial charge in [0, 0.05) is 18.0 Å². The van der Waals surface area contributed by atoms with E-state index in [1.54, 1.807) is 18.4 Å². The molecule has 2 aromatic rings. The molecule has 3 aliphatic heterocycles. The Hall–Kier alpha value is -1.59. The Labute approximate surface area is 134 Å². The van der Waals surface area contributed by atoms with E-state index < -0.39 is 0 Å². The lowest BCUT2D eigenvalue weighted by atomic mass is 9.84. The second kappa shape index (κ2) is 5.89. The summed E-state index contributed by atoms with van der Waals surface area (Å²) in [6.45, 7) is 3.25. The first kappa shape index (κ1) is 15.3. The zero-order valence-corrected chi connectivity index (χ0v) is 12.3. The monoisotopic (exact) mass is 321 g/mol. The number of carbonyl (C=O) groups excluding carboxylic acids is 1. The van der Waals surface area contributed by atoms with Gasteiger partial charge in [0.25, 0.3) is 5.91 Å². The summed E-state index contributed by atoms with van der Waals surface area (Å²) in [5.41, 5.74) is 0.876.